The van der Waals surface area contributed by atoms with Crippen LogP contribution in [0.3, 0.4) is 0 Å². The standard InChI is InChI=1S/C9H7NO.2C8H16O4.C6H7.C5H5.4CO.2Mn.Na.Sn/c11-8-5-1-3-7-4-2-6-10-9(7)8;2*1-2-10-5-6-12-8-7-11-4-3-9-1;1-6-4-2-3-5-6;1-2-4-5-3-1;4*1-2;;;;/h1-2,4-6H,3H2;2*1-8H2;2-5H,1H3;1-5H;;;;;;;;/q;;;2*-1;;;;;;;+1;. The van der Waals surface area contributed by atoms with E-state index in [-0.39, 0.29) is 93.4 Å². The Hall–Kier alpha value is -1.26. The molecule has 2 fully saturated rings. The molecular formula is C40H51Mn2NNaO13Sn-. The van der Waals surface area contributed by atoms with Gasteiger partial charge in [-0.25, -0.2) is 23.8 Å². The van der Waals surface area contributed by atoms with Crippen molar-refractivity contribution in [1.82, 2.24) is 4.98 Å². The zero-order valence-electron chi connectivity index (χ0n) is 33.1. The molecule has 2 aromatic carbocycles. The van der Waals surface area contributed by atoms with Gasteiger partial charge in [0.2, 0.25) is 5.78 Å². The van der Waals surface area contributed by atoms with Crippen LogP contribution in [0, 0.1) is 33.5 Å². The molecule has 3 aliphatic rings. The van der Waals surface area contributed by atoms with Gasteiger partial charge in [-0.05, 0) is 24.1 Å². The van der Waals surface area contributed by atoms with Crippen molar-refractivity contribution < 1.29 is 125 Å². The maximum absolute atomic E-state index is 11.1. The Morgan fingerprint density at radius 2 is 0.897 bits per heavy atom. The van der Waals surface area contributed by atoms with Crippen LogP contribution >= 0.6 is 0 Å². The van der Waals surface area contributed by atoms with E-state index in [1.807, 2.05) is 60.7 Å². The van der Waals surface area contributed by atoms with Gasteiger partial charge in [0.25, 0.3) is 0 Å². The minimum absolute atomic E-state index is 0. The Kier molecular flexibility index (Phi) is 79.7. The number of aryl methyl sites for hydroxylation is 1. The number of carbonyl (C=O) groups is 1. The summed E-state index contributed by atoms with van der Waals surface area (Å²) >= 11 is 0. The largest absolute Gasteiger partial charge is 1.00 e. The van der Waals surface area contributed by atoms with Crippen LogP contribution in [0.15, 0.2) is 85.1 Å². The van der Waals surface area contributed by atoms with E-state index in [1.54, 1.807) is 12.3 Å². The normalized spacial score (nSPS) is 14.5. The van der Waals surface area contributed by atoms with Gasteiger partial charge >= 0.3 is 74.8 Å². The van der Waals surface area contributed by atoms with Crippen LogP contribution in [0.1, 0.15) is 21.6 Å². The fraction of sp³-hybridized carbons (Fsp3) is 0.450. The average Bonchev–Trinajstić information content (AvgIpc) is 3.98. The quantitative estimate of drug-likeness (QED) is 0.180. The molecule has 3 heterocycles. The molecule has 2 saturated heterocycles. The summed E-state index contributed by atoms with van der Waals surface area (Å²) in [5.74, 6) is 0.0202. The SMILES string of the molecule is C1COCCOCCOCCO1.C1COCCOCCOCCO1.Cc1cc[cH-]c1.O=C1C=CCc2cccnc21.[C-]#[O+].[C-]#[O+].[C-]#[O+].[C-]#[O+].[Mn].[Mn].[Na+].[Sn].c1cc[cH-]c1. The van der Waals surface area contributed by atoms with Gasteiger partial charge in [0, 0.05) is 64.2 Å². The molecule has 0 N–H and O–H groups in total. The Balaban J connectivity index is -0.000000108. The van der Waals surface area contributed by atoms with Crippen molar-refractivity contribution in [2.75, 3.05) is 106 Å². The molecule has 0 unspecified atom stereocenters. The summed E-state index contributed by atoms with van der Waals surface area (Å²) in [5, 5.41) is 0. The van der Waals surface area contributed by atoms with Gasteiger partial charge in [-0.15, -0.1) is 0 Å². The molecule has 6 radical (unpaired) electrons. The summed E-state index contributed by atoms with van der Waals surface area (Å²) in [5.41, 5.74) is 2.98. The van der Waals surface area contributed by atoms with E-state index in [9.17, 15) is 4.79 Å². The third kappa shape index (κ3) is 50.9. The molecule has 1 aromatic heterocycles. The number of rotatable bonds is 0. The summed E-state index contributed by atoms with van der Waals surface area (Å²) < 4.78 is 71.7. The van der Waals surface area contributed by atoms with Gasteiger partial charge in [0.05, 0.1) is 106 Å². The van der Waals surface area contributed by atoms with Crippen LogP contribution in [0.5, 0.6) is 0 Å². The smallest absolute Gasteiger partial charge is 0.214 e. The summed E-state index contributed by atoms with van der Waals surface area (Å²) in [6, 6.07) is 22.0. The van der Waals surface area contributed by atoms with Crippen molar-refractivity contribution in [3.8, 4) is 0 Å². The Labute approximate surface area is 403 Å². The van der Waals surface area contributed by atoms with Crippen LogP contribution in [-0.4, -0.2) is 140 Å². The summed E-state index contributed by atoms with van der Waals surface area (Å²) in [4.78, 5) is 15.1. The van der Waals surface area contributed by atoms with Gasteiger partial charge in [-0.1, -0.05) is 19.1 Å². The second-order valence-corrected chi connectivity index (χ2v) is 9.81. The van der Waals surface area contributed by atoms with Crippen LogP contribution in [0.25, 0.3) is 0 Å². The number of fused-ring (bicyclic) bond motifs is 1. The van der Waals surface area contributed by atoms with Gasteiger partial charge in [0.15, 0.2) is 0 Å². The predicted molar refractivity (Wildman–Crippen MR) is 198 cm³/mol. The van der Waals surface area contributed by atoms with Gasteiger partial charge in [0.1, 0.15) is 5.69 Å². The third-order valence-corrected chi connectivity index (χ3v) is 6.09. The first-order valence-corrected chi connectivity index (χ1v) is 16.7. The molecule has 0 amide bonds. The fourth-order valence-corrected chi connectivity index (χ4v) is 3.75. The zero-order valence-corrected chi connectivity index (χ0v) is 40.3. The first-order valence-electron chi connectivity index (χ1n) is 16.7. The molecule has 0 bridgehead atoms. The van der Waals surface area contributed by atoms with E-state index in [4.69, 9.17) is 56.5 Å². The molecule has 18 heteroatoms. The number of hydrogen-bond acceptors (Lipinski definition) is 10. The number of aromatic nitrogens is 1. The van der Waals surface area contributed by atoms with Crippen LogP contribution in [-0.2, 0) is 97.1 Å². The maximum Gasteiger partial charge on any atom is 1.00 e. The third-order valence-electron chi connectivity index (χ3n) is 6.09. The Morgan fingerprint density at radius 3 is 1.12 bits per heavy atom. The molecule has 0 spiro atoms. The monoisotopic (exact) mass is 1010 g/mol. The second kappa shape index (κ2) is 64.9. The number of ketones is 1. The summed E-state index contributed by atoms with van der Waals surface area (Å²) in [6.45, 7) is 30.4. The van der Waals surface area contributed by atoms with Gasteiger partial charge < -0.3 is 37.9 Å². The van der Waals surface area contributed by atoms with E-state index in [2.05, 4.69) is 50.6 Å². The molecule has 0 atom stereocenters. The minimum Gasteiger partial charge on any atom is -0.214 e. The number of carbonyl (C=O) groups excluding carboxylic acids is 1. The molecule has 2 aliphatic heterocycles. The fourth-order valence-electron chi connectivity index (χ4n) is 3.75. The van der Waals surface area contributed by atoms with Crippen LogP contribution in [0.4, 0.5) is 0 Å². The van der Waals surface area contributed by atoms with Crippen LogP contribution in [0.2, 0.25) is 0 Å². The molecule has 314 valence electrons. The zero-order chi connectivity index (χ0) is 40.6. The molecule has 0 saturated carbocycles. The van der Waals surface area contributed by atoms with Crippen molar-refractivity contribution in [2.24, 2.45) is 0 Å². The number of nitrogens with zero attached hydrogens (tertiary/aromatic N) is 1. The number of hydrogen-bond donors (Lipinski definition) is 0. The van der Waals surface area contributed by atoms with Crippen molar-refractivity contribution >= 4 is 29.7 Å². The number of ether oxygens (including phenoxy) is 8. The van der Waals surface area contributed by atoms with Crippen molar-refractivity contribution in [3.05, 3.63) is 129 Å². The van der Waals surface area contributed by atoms with Gasteiger partial charge in [-0.2, -0.15) is 36.4 Å². The maximum atomic E-state index is 11.1. The Bertz CT molecular complexity index is 1150. The van der Waals surface area contributed by atoms with Gasteiger partial charge in [-0.3, -0.25) is 9.78 Å². The first-order chi connectivity index (χ1) is 26.8. The average molecular weight is 1010 g/mol. The first kappa shape index (κ1) is 71.3. The van der Waals surface area contributed by atoms with E-state index in [0.29, 0.717) is 111 Å². The van der Waals surface area contributed by atoms with Crippen molar-refractivity contribution in [2.45, 2.75) is 13.3 Å². The Morgan fingerprint density at radius 1 is 0.552 bits per heavy atom. The topological polar surface area (TPSA) is 183 Å². The minimum atomic E-state index is 0. The molecule has 58 heavy (non-hydrogen) atoms. The molecule has 6 rings (SSSR count). The molecule has 1 aliphatic carbocycles. The number of allylic oxidation sites excluding steroid dienone is 2. The van der Waals surface area contributed by atoms with E-state index in [1.165, 1.54) is 5.56 Å². The molecule has 3 aromatic rings. The van der Waals surface area contributed by atoms with Crippen molar-refractivity contribution in [1.29, 1.82) is 0 Å². The molecule has 14 nitrogen and oxygen atoms in total. The van der Waals surface area contributed by atoms with E-state index < -0.39 is 0 Å². The van der Waals surface area contributed by atoms with E-state index >= 15 is 0 Å². The number of pyridine rings is 1. The summed E-state index contributed by atoms with van der Waals surface area (Å²) in [7, 11) is 0. The second-order valence-electron chi connectivity index (χ2n) is 9.81. The molecular weight excluding hydrogens is 954 g/mol. The van der Waals surface area contributed by atoms with Crippen LogP contribution < -0.4 is 29.6 Å². The predicted octanol–water partition coefficient (Wildman–Crippen LogP) is 1.10. The summed E-state index contributed by atoms with van der Waals surface area (Å²) in [6.07, 6.45) is 5.92. The van der Waals surface area contributed by atoms with Crippen molar-refractivity contribution in [3.63, 3.8) is 0 Å². The van der Waals surface area contributed by atoms with E-state index in [0.717, 1.165) is 12.0 Å².